The summed E-state index contributed by atoms with van der Waals surface area (Å²) in [7, 11) is 0. The van der Waals surface area contributed by atoms with Crippen LogP contribution >= 0.6 is 0 Å². The van der Waals surface area contributed by atoms with Crippen molar-refractivity contribution < 1.29 is 14.3 Å². The summed E-state index contributed by atoms with van der Waals surface area (Å²) >= 11 is 0. The number of carbonyl (C=O) groups excluding carboxylic acids is 2. The first-order valence-corrected chi connectivity index (χ1v) is 2.25. The number of carbonyl (C=O) groups is 2. The van der Waals surface area contributed by atoms with Crippen LogP contribution in [-0.2, 0) is 9.59 Å². The molecule has 8 heavy (non-hydrogen) atoms. The number of imide groups is 1. The number of rotatable bonds is 0. The highest BCUT2D eigenvalue weighted by molar-refractivity contribution is 5.88. The zero-order valence-electron chi connectivity index (χ0n) is 4.09. The van der Waals surface area contributed by atoms with Crippen LogP contribution in [0.1, 0.15) is 12.8 Å². The number of hydrogen-bond donors (Lipinski definition) is 0. The molecule has 0 saturated carbocycles. The SMILES string of the molecule is O=C1CCC(=O)[N+]1=O. The molecule has 0 unspecified atom stereocenters. The van der Waals surface area contributed by atoms with Crippen LogP contribution in [0.2, 0.25) is 0 Å². The maximum Gasteiger partial charge on any atom is 0.444 e. The molecule has 1 aliphatic rings. The molecule has 1 heterocycles. The molecule has 0 N–H and O–H groups in total. The van der Waals surface area contributed by atoms with E-state index in [1.165, 1.54) is 0 Å². The van der Waals surface area contributed by atoms with Gasteiger partial charge in [-0.1, -0.05) is 0 Å². The average molecular weight is 114 g/mol. The van der Waals surface area contributed by atoms with E-state index in [1.807, 2.05) is 0 Å². The second kappa shape index (κ2) is 1.47. The standard InChI is InChI=1S/C4H4NO3/c6-3-1-2-4(7)5(3)8/h1-2H2/q+1. The number of nitrogens with zero attached hydrogens (tertiary/aromatic N) is 1. The summed E-state index contributed by atoms with van der Waals surface area (Å²) in [5, 5.41) is 0. The minimum atomic E-state index is -0.616. The highest BCUT2D eigenvalue weighted by Crippen LogP contribution is 2.03. The van der Waals surface area contributed by atoms with Gasteiger partial charge in [-0.15, -0.1) is 0 Å². The van der Waals surface area contributed by atoms with E-state index < -0.39 is 11.8 Å². The summed E-state index contributed by atoms with van der Waals surface area (Å²) in [5.41, 5.74) is 0. The molecule has 0 bridgehead atoms. The third-order valence-corrected chi connectivity index (χ3v) is 1.01. The molecule has 2 amide bonds. The Morgan fingerprint density at radius 1 is 1.12 bits per heavy atom. The topological polar surface area (TPSA) is 54.2 Å². The molecule has 0 spiro atoms. The summed E-state index contributed by atoms with van der Waals surface area (Å²) in [6.45, 7) is 0. The van der Waals surface area contributed by atoms with E-state index in [0.717, 1.165) is 0 Å². The van der Waals surface area contributed by atoms with E-state index in [9.17, 15) is 14.5 Å². The van der Waals surface area contributed by atoms with E-state index in [0.29, 0.717) is 0 Å². The maximum atomic E-state index is 10.2. The molecule has 0 atom stereocenters. The minimum Gasteiger partial charge on any atom is -0.214 e. The lowest BCUT2D eigenvalue weighted by molar-refractivity contribution is -0.389. The first-order chi connectivity index (χ1) is 3.72. The number of nitroso groups, excluding NO2 is 1. The molecule has 1 saturated heterocycles. The summed E-state index contributed by atoms with van der Waals surface area (Å²) < 4.78 is -0.0833. The minimum absolute atomic E-state index is 0.0833. The first kappa shape index (κ1) is 5.08. The van der Waals surface area contributed by atoms with E-state index in [2.05, 4.69) is 0 Å². The zero-order valence-corrected chi connectivity index (χ0v) is 4.09. The summed E-state index contributed by atoms with van der Waals surface area (Å²) in [4.78, 5) is 30.5. The Hall–Kier alpha value is -1.06. The van der Waals surface area contributed by atoms with Crippen molar-refractivity contribution in [3.05, 3.63) is 4.91 Å². The highest BCUT2D eigenvalue weighted by atomic mass is 16.3. The van der Waals surface area contributed by atoms with Crippen LogP contribution in [-0.4, -0.2) is 16.6 Å². The molecule has 0 radical (unpaired) electrons. The Morgan fingerprint density at radius 3 is 1.62 bits per heavy atom. The van der Waals surface area contributed by atoms with Crippen LogP contribution in [0, 0.1) is 4.91 Å². The fraction of sp³-hybridized carbons (Fsp3) is 0.500. The van der Waals surface area contributed by atoms with Gasteiger partial charge in [-0.2, -0.15) is 0 Å². The van der Waals surface area contributed by atoms with Crippen molar-refractivity contribution in [3.8, 4) is 0 Å². The molecule has 0 aliphatic carbocycles. The second-order valence-electron chi connectivity index (χ2n) is 1.58. The normalized spacial score (nSPS) is 20.2. The van der Waals surface area contributed by atoms with Crippen molar-refractivity contribution in [2.75, 3.05) is 0 Å². The molecule has 1 aliphatic heterocycles. The van der Waals surface area contributed by atoms with Crippen molar-refractivity contribution in [1.82, 2.24) is 0 Å². The van der Waals surface area contributed by atoms with E-state index in [1.54, 1.807) is 0 Å². The van der Waals surface area contributed by atoms with Gasteiger partial charge in [0, 0.05) is 4.91 Å². The quantitative estimate of drug-likeness (QED) is 0.318. The molecule has 0 aromatic rings. The van der Waals surface area contributed by atoms with Crippen LogP contribution in [0.5, 0.6) is 0 Å². The summed E-state index contributed by atoms with van der Waals surface area (Å²) in [6, 6.07) is 0. The van der Waals surface area contributed by atoms with E-state index >= 15 is 0 Å². The fourth-order valence-electron chi connectivity index (χ4n) is 0.556. The largest absolute Gasteiger partial charge is 0.444 e. The summed E-state index contributed by atoms with van der Waals surface area (Å²) in [5.74, 6) is -1.23. The van der Waals surface area contributed by atoms with Gasteiger partial charge in [0.2, 0.25) is 0 Å². The number of hydrogen-bond acceptors (Lipinski definition) is 3. The van der Waals surface area contributed by atoms with Crippen molar-refractivity contribution in [3.63, 3.8) is 0 Å². The third-order valence-electron chi connectivity index (χ3n) is 1.01. The molecule has 42 valence electrons. The smallest absolute Gasteiger partial charge is 0.214 e. The van der Waals surface area contributed by atoms with E-state index in [4.69, 9.17) is 0 Å². The lowest BCUT2D eigenvalue weighted by Crippen LogP contribution is -2.12. The van der Waals surface area contributed by atoms with Crippen molar-refractivity contribution in [1.29, 1.82) is 0 Å². The van der Waals surface area contributed by atoms with Gasteiger partial charge in [-0.05, 0) is 0 Å². The predicted molar refractivity (Wildman–Crippen MR) is 22.9 cm³/mol. The molecular weight excluding hydrogens is 110 g/mol. The van der Waals surface area contributed by atoms with Gasteiger partial charge >= 0.3 is 11.8 Å². The molecule has 0 aromatic heterocycles. The van der Waals surface area contributed by atoms with Crippen molar-refractivity contribution >= 4 is 11.8 Å². The molecular formula is C4H4NO3+. The Balaban J connectivity index is 2.86. The zero-order chi connectivity index (χ0) is 6.15. The molecule has 1 rings (SSSR count). The highest BCUT2D eigenvalue weighted by Gasteiger charge is 2.39. The molecule has 1 fully saturated rings. The van der Waals surface area contributed by atoms with Crippen LogP contribution in [0.25, 0.3) is 0 Å². The van der Waals surface area contributed by atoms with Gasteiger partial charge in [-0.25, -0.2) is 9.59 Å². The van der Waals surface area contributed by atoms with Gasteiger partial charge in [-0.3, -0.25) is 0 Å². The van der Waals surface area contributed by atoms with Crippen LogP contribution < -0.4 is 0 Å². The van der Waals surface area contributed by atoms with Gasteiger partial charge < -0.3 is 0 Å². The average Bonchev–Trinajstić information content (AvgIpc) is 1.98. The van der Waals surface area contributed by atoms with Gasteiger partial charge in [0.25, 0.3) is 0 Å². The molecule has 0 aromatic carbocycles. The Kier molecular flexibility index (Phi) is 0.932. The summed E-state index contributed by atoms with van der Waals surface area (Å²) in [6.07, 6.45) is 0.171. The predicted octanol–water partition coefficient (Wildman–Crippen LogP) is -0.388. The van der Waals surface area contributed by atoms with Gasteiger partial charge in [0.1, 0.15) is 4.76 Å². The molecule has 4 heteroatoms. The lowest BCUT2D eigenvalue weighted by atomic mass is 10.4. The van der Waals surface area contributed by atoms with Gasteiger partial charge in [0.05, 0.1) is 12.8 Å². The van der Waals surface area contributed by atoms with Gasteiger partial charge in [0.15, 0.2) is 0 Å². The second-order valence-corrected chi connectivity index (χ2v) is 1.58. The van der Waals surface area contributed by atoms with Crippen LogP contribution in [0.3, 0.4) is 0 Å². The lowest BCUT2D eigenvalue weighted by Gasteiger charge is -1.63. The fourth-order valence-corrected chi connectivity index (χ4v) is 0.556. The monoisotopic (exact) mass is 114 g/mol. The van der Waals surface area contributed by atoms with Crippen molar-refractivity contribution in [2.45, 2.75) is 12.8 Å². The van der Waals surface area contributed by atoms with Crippen molar-refractivity contribution in [2.24, 2.45) is 0 Å². The van der Waals surface area contributed by atoms with Crippen LogP contribution in [0.4, 0.5) is 0 Å². The van der Waals surface area contributed by atoms with E-state index in [-0.39, 0.29) is 17.6 Å². The first-order valence-electron chi connectivity index (χ1n) is 2.25. The number of amides is 2. The Labute approximate surface area is 45.1 Å². The third kappa shape index (κ3) is 0.538. The van der Waals surface area contributed by atoms with Crippen LogP contribution in [0.15, 0.2) is 0 Å². The maximum absolute atomic E-state index is 10.2. The molecule has 4 nitrogen and oxygen atoms in total. The Morgan fingerprint density at radius 2 is 1.50 bits per heavy atom. The Bertz CT molecular complexity index is 154.